The summed E-state index contributed by atoms with van der Waals surface area (Å²) in [5.74, 6) is 2.23. The summed E-state index contributed by atoms with van der Waals surface area (Å²) in [6.45, 7) is -0.298. The lowest BCUT2D eigenvalue weighted by Gasteiger charge is -2.09. The number of carbonyl (C=O) groups is 1. The molecule has 56 valence electrons. The Morgan fingerprint density at radius 3 is 2.80 bits per heavy atom. The molecule has 0 aliphatic carbocycles. The third-order valence-electron chi connectivity index (χ3n) is 0.832. The average Bonchev–Trinajstić information content (AvgIpc) is 1.86. The molecular formula is C6H9NO3. The Hall–Kier alpha value is -1.21. The van der Waals surface area contributed by atoms with Gasteiger partial charge < -0.3 is 15.6 Å². The van der Waals surface area contributed by atoms with Crippen LogP contribution >= 0.6 is 0 Å². The van der Waals surface area contributed by atoms with E-state index in [0.717, 1.165) is 0 Å². The summed E-state index contributed by atoms with van der Waals surface area (Å²) in [6.07, 6.45) is 3.48. The predicted molar refractivity (Wildman–Crippen MR) is 35.0 cm³/mol. The average molecular weight is 143 g/mol. The van der Waals surface area contributed by atoms with Crippen LogP contribution in [0.5, 0.6) is 0 Å². The Kier molecular flexibility index (Phi) is 4.09. The van der Waals surface area contributed by atoms with Gasteiger partial charge in [0.05, 0.1) is 6.61 Å². The summed E-state index contributed by atoms with van der Waals surface area (Å²) < 4.78 is 4.39. The molecule has 0 fully saturated rings. The summed E-state index contributed by atoms with van der Waals surface area (Å²) >= 11 is 0. The number of carbonyl (C=O) groups excluding carboxylic acids is 1. The second kappa shape index (κ2) is 4.65. The van der Waals surface area contributed by atoms with E-state index in [4.69, 9.17) is 11.5 Å². The Morgan fingerprint density at radius 1 is 1.90 bits per heavy atom. The van der Waals surface area contributed by atoms with Crippen molar-refractivity contribution in [2.45, 2.75) is 12.5 Å². The molecule has 0 rings (SSSR count). The number of hydrogen-bond acceptors (Lipinski definition) is 3. The molecule has 10 heavy (non-hydrogen) atoms. The number of ether oxygens (including phenoxy) is 1. The normalized spacial score (nSPS) is 11.6. The zero-order chi connectivity index (χ0) is 7.98. The lowest BCUT2D eigenvalue weighted by atomic mass is 10.3. The molecule has 0 aliphatic rings. The SMILES string of the molecule is C#CCC(CO)OC(N)=O. The van der Waals surface area contributed by atoms with Crippen LogP contribution < -0.4 is 5.73 Å². The van der Waals surface area contributed by atoms with Gasteiger partial charge >= 0.3 is 6.09 Å². The van der Waals surface area contributed by atoms with Crippen LogP contribution in [0.15, 0.2) is 0 Å². The van der Waals surface area contributed by atoms with E-state index >= 15 is 0 Å². The molecule has 4 heteroatoms. The van der Waals surface area contributed by atoms with Crippen LogP contribution in [0, 0.1) is 12.3 Å². The molecular weight excluding hydrogens is 134 g/mol. The van der Waals surface area contributed by atoms with Crippen LogP contribution in [0.3, 0.4) is 0 Å². The van der Waals surface area contributed by atoms with Crippen LogP contribution in [0.2, 0.25) is 0 Å². The highest BCUT2D eigenvalue weighted by Crippen LogP contribution is 1.94. The number of nitrogens with two attached hydrogens (primary N) is 1. The molecule has 0 spiro atoms. The quantitative estimate of drug-likeness (QED) is 0.521. The summed E-state index contributed by atoms with van der Waals surface area (Å²) in [5, 5.41) is 8.48. The van der Waals surface area contributed by atoms with Gasteiger partial charge in [0, 0.05) is 6.42 Å². The number of aliphatic hydroxyl groups is 1. The number of aliphatic hydroxyl groups excluding tert-OH is 1. The van der Waals surface area contributed by atoms with Crippen molar-refractivity contribution in [2.75, 3.05) is 6.61 Å². The summed E-state index contributed by atoms with van der Waals surface area (Å²) in [4.78, 5) is 10.1. The first-order valence-electron chi connectivity index (χ1n) is 2.71. The van der Waals surface area contributed by atoms with Crippen molar-refractivity contribution in [1.29, 1.82) is 0 Å². The molecule has 0 bridgehead atoms. The van der Waals surface area contributed by atoms with Gasteiger partial charge in [-0.15, -0.1) is 12.3 Å². The number of terminal acetylenes is 1. The summed E-state index contributed by atoms with van der Waals surface area (Å²) in [5.41, 5.74) is 4.66. The predicted octanol–water partition coefficient (Wildman–Crippen LogP) is -0.534. The lowest BCUT2D eigenvalue weighted by Crippen LogP contribution is -2.25. The number of primary amides is 1. The van der Waals surface area contributed by atoms with E-state index in [9.17, 15) is 4.79 Å². The van der Waals surface area contributed by atoms with Crippen LogP contribution in [-0.2, 0) is 4.74 Å². The van der Waals surface area contributed by atoms with Crippen molar-refractivity contribution in [3.63, 3.8) is 0 Å². The molecule has 4 nitrogen and oxygen atoms in total. The maximum atomic E-state index is 10.1. The van der Waals surface area contributed by atoms with E-state index in [-0.39, 0.29) is 13.0 Å². The molecule has 0 saturated carbocycles. The Balaban J connectivity index is 3.62. The minimum Gasteiger partial charge on any atom is -0.443 e. The fourth-order valence-corrected chi connectivity index (χ4v) is 0.439. The molecule has 1 amide bonds. The van der Waals surface area contributed by atoms with Gasteiger partial charge in [0.25, 0.3) is 0 Å². The molecule has 1 unspecified atom stereocenters. The minimum atomic E-state index is -0.922. The molecule has 0 saturated heterocycles. The monoisotopic (exact) mass is 143 g/mol. The number of rotatable bonds is 3. The van der Waals surface area contributed by atoms with E-state index in [1.807, 2.05) is 0 Å². The largest absolute Gasteiger partial charge is 0.443 e. The smallest absolute Gasteiger partial charge is 0.404 e. The summed E-state index contributed by atoms with van der Waals surface area (Å²) in [7, 11) is 0. The second-order valence-electron chi connectivity index (χ2n) is 1.65. The highest BCUT2D eigenvalue weighted by Gasteiger charge is 2.08. The summed E-state index contributed by atoms with van der Waals surface area (Å²) in [6, 6.07) is 0. The van der Waals surface area contributed by atoms with Crippen molar-refractivity contribution in [2.24, 2.45) is 5.73 Å². The highest BCUT2D eigenvalue weighted by molar-refractivity contribution is 5.64. The zero-order valence-electron chi connectivity index (χ0n) is 5.41. The Morgan fingerprint density at radius 2 is 2.50 bits per heavy atom. The van der Waals surface area contributed by atoms with Crippen LogP contribution in [0.4, 0.5) is 4.79 Å². The van der Waals surface area contributed by atoms with Gasteiger partial charge in [-0.1, -0.05) is 0 Å². The van der Waals surface area contributed by atoms with Gasteiger partial charge in [0.1, 0.15) is 6.10 Å². The minimum absolute atomic E-state index is 0.180. The van der Waals surface area contributed by atoms with E-state index in [2.05, 4.69) is 16.4 Å². The second-order valence-corrected chi connectivity index (χ2v) is 1.65. The van der Waals surface area contributed by atoms with Gasteiger partial charge in [-0.25, -0.2) is 4.79 Å². The van der Waals surface area contributed by atoms with Gasteiger partial charge in [0.15, 0.2) is 0 Å². The fraction of sp³-hybridized carbons (Fsp3) is 0.500. The first kappa shape index (κ1) is 8.79. The molecule has 0 heterocycles. The molecule has 0 aliphatic heterocycles. The van der Waals surface area contributed by atoms with Crippen LogP contribution in [0.25, 0.3) is 0 Å². The first-order chi connectivity index (χ1) is 4.70. The topological polar surface area (TPSA) is 72.6 Å². The maximum absolute atomic E-state index is 10.1. The fourth-order valence-electron chi connectivity index (χ4n) is 0.439. The van der Waals surface area contributed by atoms with Crippen molar-refractivity contribution in [1.82, 2.24) is 0 Å². The molecule has 1 atom stereocenters. The molecule has 0 aromatic carbocycles. The van der Waals surface area contributed by atoms with Crippen molar-refractivity contribution >= 4 is 6.09 Å². The third-order valence-corrected chi connectivity index (χ3v) is 0.832. The van der Waals surface area contributed by atoms with Crippen LogP contribution in [-0.4, -0.2) is 23.9 Å². The highest BCUT2D eigenvalue weighted by atomic mass is 16.6. The first-order valence-corrected chi connectivity index (χ1v) is 2.71. The van der Waals surface area contributed by atoms with Gasteiger partial charge in [-0.05, 0) is 0 Å². The number of amides is 1. The van der Waals surface area contributed by atoms with Crippen LogP contribution in [0.1, 0.15) is 6.42 Å². The van der Waals surface area contributed by atoms with E-state index in [1.54, 1.807) is 0 Å². The van der Waals surface area contributed by atoms with E-state index in [1.165, 1.54) is 0 Å². The van der Waals surface area contributed by atoms with Crippen molar-refractivity contribution < 1.29 is 14.6 Å². The third kappa shape index (κ3) is 3.75. The molecule has 0 aromatic heterocycles. The van der Waals surface area contributed by atoms with E-state index in [0.29, 0.717) is 0 Å². The number of hydrogen-bond donors (Lipinski definition) is 2. The lowest BCUT2D eigenvalue weighted by molar-refractivity contribution is 0.0667. The molecule has 3 N–H and O–H groups in total. The van der Waals surface area contributed by atoms with Gasteiger partial charge in [-0.2, -0.15) is 0 Å². The van der Waals surface area contributed by atoms with Gasteiger partial charge in [0.2, 0.25) is 0 Å². The Labute approximate surface area is 59.0 Å². The molecule has 0 radical (unpaired) electrons. The molecule has 0 aromatic rings. The zero-order valence-corrected chi connectivity index (χ0v) is 5.41. The Bertz CT molecular complexity index is 150. The van der Waals surface area contributed by atoms with Gasteiger partial charge in [-0.3, -0.25) is 0 Å². The standard InChI is InChI=1S/C6H9NO3/c1-2-3-5(4-8)10-6(7)9/h1,5,8H,3-4H2,(H2,7,9). The van der Waals surface area contributed by atoms with Crippen molar-refractivity contribution in [3.8, 4) is 12.3 Å². The van der Waals surface area contributed by atoms with E-state index < -0.39 is 12.2 Å². The van der Waals surface area contributed by atoms with Crippen molar-refractivity contribution in [3.05, 3.63) is 0 Å². The maximum Gasteiger partial charge on any atom is 0.404 e.